The molecule has 0 N–H and O–H groups in total. The van der Waals surface area contributed by atoms with Crippen LogP contribution in [-0.2, 0) is 0 Å². The van der Waals surface area contributed by atoms with Gasteiger partial charge in [0.15, 0.2) is 0 Å². The minimum atomic E-state index is 1.08. The van der Waals surface area contributed by atoms with Crippen molar-refractivity contribution in [2.45, 2.75) is 0 Å². The molecule has 1 nitrogen and oxygen atoms in total. The summed E-state index contributed by atoms with van der Waals surface area (Å²) in [5.41, 5.74) is 2.17. The Bertz CT molecular complexity index is 1140. The number of hydrogen-bond acceptors (Lipinski definition) is 2. The van der Waals surface area contributed by atoms with Crippen LogP contribution in [0.2, 0.25) is 0 Å². The normalized spacial score (nSPS) is 11.8. The van der Waals surface area contributed by atoms with Crippen LogP contribution in [0.4, 0.5) is 0 Å². The molecule has 0 fully saturated rings. The summed E-state index contributed by atoms with van der Waals surface area (Å²) in [5, 5.41) is 5.14. The molecule has 0 aliphatic heterocycles. The number of nitrogens with zero attached hydrogens (tertiary/aromatic N) is 1. The highest BCUT2D eigenvalue weighted by Gasteiger charge is 2.09. The fourth-order valence-corrected chi connectivity index (χ4v) is 4.11. The van der Waals surface area contributed by atoms with Crippen molar-refractivity contribution in [2.24, 2.45) is 0 Å². The minimum Gasteiger partial charge on any atom is -0.248 e. The van der Waals surface area contributed by atoms with Gasteiger partial charge in [0.1, 0.15) is 0 Å². The van der Waals surface area contributed by atoms with Crippen molar-refractivity contribution in [1.29, 1.82) is 0 Å². The van der Waals surface area contributed by atoms with Crippen LogP contribution in [0.15, 0.2) is 66.7 Å². The number of para-hydroxylation sites is 1. The van der Waals surface area contributed by atoms with E-state index in [2.05, 4.69) is 66.7 Å². The van der Waals surface area contributed by atoms with E-state index >= 15 is 0 Å². The van der Waals surface area contributed by atoms with Gasteiger partial charge in [0.2, 0.25) is 0 Å². The first-order valence-electron chi connectivity index (χ1n) is 7.00. The van der Waals surface area contributed by atoms with Gasteiger partial charge < -0.3 is 0 Å². The van der Waals surface area contributed by atoms with Gasteiger partial charge in [-0.1, -0.05) is 36.4 Å². The molecule has 0 saturated carbocycles. The summed E-state index contributed by atoms with van der Waals surface area (Å²) in [4.78, 5) is 4.75. The summed E-state index contributed by atoms with van der Waals surface area (Å²) in [7, 11) is 0. The van der Waals surface area contributed by atoms with Crippen molar-refractivity contribution in [2.75, 3.05) is 0 Å². The lowest BCUT2D eigenvalue weighted by Gasteiger charge is -2.03. The molecule has 0 bridgehead atoms. The summed E-state index contributed by atoms with van der Waals surface area (Å²) in [6.45, 7) is 0. The first-order chi connectivity index (χ1) is 10.4. The zero-order chi connectivity index (χ0) is 13.8. The van der Waals surface area contributed by atoms with Crippen molar-refractivity contribution in [3.63, 3.8) is 0 Å². The summed E-state index contributed by atoms with van der Waals surface area (Å²) >= 11 is 1.85. The molecule has 2 aromatic heterocycles. The minimum absolute atomic E-state index is 1.08. The third-order valence-electron chi connectivity index (χ3n) is 4.04. The van der Waals surface area contributed by atoms with Crippen LogP contribution in [0.25, 0.3) is 42.0 Å². The van der Waals surface area contributed by atoms with Crippen LogP contribution in [0.1, 0.15) is 0 Å². The molecule has 98 valence electrons. The summed E-state index contributed by atoms with van der Waals surface area (Å²) in [6, 6.07) is 23.6. The summed E-state index contributed by atoms with van der Waals surface area (Å²) < 4.78 is 2.65. The Morgan fingerprint density at radius 1 is 0.667 bits per heavy atom. The predicted octanol–water partition coefficient (Wildman–Crippen LogP) is 5.76. The van der Waals surface area contributed by atoms with E-state index in [9.17, 15) is 0 Å². The third kappa shape index (κ3) is 1.54. The first kappa shape index (κ1) is 11.2. The average molecular weight is 285 g/mol. The molecule has 0 spiro atoms. The second-order valence-electron chi connectivity index (χ2n) is 5.28. The van der Waals surface area contributed by atoms with Crippen LogP contribution < -0.4 is 0 Å². The SMILES string of the molecule is c1ccc2sc3ccc4nc5ccccc5c4c3cc2c1. The zero-order valence-electron chi connectivity index (χ0n) is 11.2. The molecule has 0 saturated heterocycles. The van der Waals surface area contributed by atoms with Crippen molar-refractivity contribution < 1.29 is 0 Å². The molecule has 2 heteroatoms. The molecular weight excluding hydrogens is 274 g/mol. The van der Waals surface area contributed by atoms with Crippen LogP contribution >= 0.6 is 11.3 Å². The third-order valence-corrected chi connectivity index (χ3v) is 5.20. The van der Waals surface area contributed by atoms with Crippen molar-refractivity contribution >= 4 is 53.3 Å². The van der Waals surface area contributed by atoms with Crippen LogP contribution in [-0.4, -0.2) is 4.98 Å². The molecule has 5 aromatic rings. The van der Waals surface area contributed by atoms with Gasteiger partial charge in [-0.3, -0.25) is 0 Å². The molecule has 0 amide bonds. The molecule has 0 unspecified atom stereocenters. The Morgan fingerprint density at radius 3 is 2.52 bits per heavy atom. The quantitative estimate of drug-likeness (QED) is 0.330. The van der Waals surface area contributed by atoms with Crippen molar-refractivity contribution in [1.82, 2.24) is 4.98 Å². The Labute approximate surface area is 125 Å². The lowest BCUT2D eigenvalue weighted by atomic mass is 10.1. The second-order valence-corrected chi connectivity index (χ2v) is 6.37. The van der Waals surface area contributed by atoms with E-state index in [1.807, 2.05) is 11.3 Å². The van der Waals surface area contributed by atoms with E-state index in [4.69, 9.17) is 4.98 Å². The molecule has 5 rings (SSSR count). The molecule has 2 heterocycles. The van der Waals surface area contributed by atoms with Crippen molar-refractivity contribution in [3.05, 3.63) is 66.7 Å². The maximum atomic E-state index is 4.75. The van der Waals surface area contributed by atoms with Gasteiger partial charge in [0.25, 0.3) is 0 Å². The molecule has 0 aliphatic rings. The number of fused-ring (bicyclic) bond motifs is 6. The van der Waals surface area contributed by atoms with E-state index in [1.165, 1.54) is 30.9 Å². The first-order valence-corrected chi connectivity index (χ1v) is 7.81. The maximum Gasteiger partial charge on any atom is 0.0723 e. The van der Waals surface area contributed by atoms with Crippen LogP contribution in [0, 0.1) is 0 Å². The molecular formula is C19H11NS. The summed E-state index contributed by atoms with van der Waals surface area (Å²) in [6.07, 6.45) is 0. The highest BCUT2D eigenvalue weighted by molar-refractivity contribution is 7.24. The van der Waals surface area contributed by atoms with Gasteiger partial charge in [0, 0.05) is 25.6 Å². The number of hydrogen-bond donors (Lipinski definition) is 0. The van der Waals surface area contributed by atoms with E-state index in [0.717, 1.165) is 11.0 Å². The fraction of sp³-hybridized carbons (Fsp3) is 0. The molecule has 0 atom stereocenters. The maximum absolute atomic E-state index is 4.75. The largest absolute Gasteiger partial charge is 0.248 e. The van der Waals surface area contributed by atoms with E-state index in [-0.39, 0.29) is 0 Å². The average Bonchev–Trinajstić information content (AvgIpc) is 2.92. The van der Waals surface area contributed by atoms with E-state index in [1.54, 1.807) is 0 Å². The van der Waals surface area contributed by atoms with E-state index < -0.39 is 0 Å². The van der Waals surface area contributed by atoms with Gasteiger partial charge in [0.05, 0.1) is 11.0 Å². The van der Waals surface area contributed by atoms with Gasteiger partial charge in [-0.05, 0) is 35.7 Å². The molecule has 0 aliphatic carbocycles. The number of benzene rings is 3. The molecule has 3 aromatic carbocycles. The molecule has 0 radical (unpaired) electrons. The Balaban J connectivity index is 2.09. The Hall–Kier alpha value is -2.45. The zero-order valence-corrected chi connectivity index (χ0v) is 12.0. The lowest BCUT2D eigenvalue weighted by Crippen LogP contribution is -1.75. The monoisotopic (exact) mass is 285 g/mol. The van der Waals surface area contributed by atoms with E-state index in [0.29, 0.717) is 0 Å². The smallest absolute Gasteiger partial charge is 0.0723 e. The Kier molecular flexibility index (Phi) is 2.15. The Morgan fingerprint density at radius 2 is 1.52 bits per heavy atom. The fourth-order valence-electron chi connectivity index (χ4n) is 3.08. The highest BCUT2D eigenvalue weighted by Crippen LogP contribution is 2.36. The van der Waals surface area contributed by atoms with Gasteiger partial charge in [-0.15, -0.1) is 11.3 Å². The van der Waals surface area contributed by atoms with Crippen LogP contribution in [0.3, 0.4) is 0 Å². The second kappa shape index (κ2) is 4.03. The van der Waals surface area contributed by atoms with Gasteiger partial charge >= 0.3 is 0 Å². The number of aromatic nitrogens is 1. The highest BCUT2D eigenvalue weighted by atomic mass is 32.1. The predicted molar refractivity (Wildman–Crippen MR) is 92.1 cm³/mol. The lowest BCUT2D eigenvalue weighted by molar-refractivity contribution is 1.55. The van der Waals surface area contributed by atoms with Crippen LogP contribution in [0.5, 0.6) is 0 Å². The number of rotatable bonds is 0. The topological polar surface area (TPSA) is 12.9 Å². The van der Waals surface area contributed by atoms with Gasteiger partial charge in [-0.2, -0.15) is 0 Å². The van der Waals surface area contributed by atoms with Gasteiger partial charge in [-0.25, -0.2) is 4.98 Å². The standard InChI is InChI=1S/C19H11NS/c1-4-8-17-12(5-1)11-14-18(21-17)10-9-16-19(14)13-6-2-3-7-15(13)20-16/h1-11H. The summed E-state index contributed by atoms with van der Waals surface area (Å²) in [5.74, 6) is 0. The van der Waals surface area contributed by atoms with Crippen molar-refractivity contribution in [3.8, 4) is 0 Å². The molecule has 21 heavy (non-hydrogen) atoms.